The van der Waals surface area contributed by atoms with Gasteiger partial charge in [-0.1, -0.05) is 29.8 Å². The van der Waals surface area contributed by atoms with E-state index in [4.69, 9.17) is 16.3 Å². The van der Waals surface area contributed by atoms with Crippen LogP contribution in [0, 0.1) is 0 Å². The molecule has 0 saturated carbocycles. The minimum absolute atomic E-state index is 0.00923. The summed E-state index contributed by atoms with van der Waals surface area (Å²) in [7, 11) is 0. The Morgan fingerprint density at radius 1 is 1.12 bits per heavy atom. The largest absolute Gasteiger partial charge is 0.492 e. The van der Waals surface area contributed by atoms with Gasteiger partial charge in [0, 0.05) is 5.02 Å². The first kappa shape index (κ1) is 18.1. The number of amides is 1. The summed E-state index contributed by atoms with van der Waals surface area (Å²) in [6.07, 6.45) is -4.37. The van der Waals surface area contributed by atoms with Crippen molar-refractivity contribution < 1.29 is 22.7 Å². The molecule has 0 radical (unpaired) electrons. The fourth-order valence-corrected chi connectivity index (χ4v) is 2.16. The van der Waals surface area contributed by atoms with Crippen LogP contribution in [0.1, 0.15) is 11.1 Å². The van der Waals surface area contributed by atoms with E-state index in [0.717, 1.165) is 12.1 Å². The second-order valence-electron chi connectivity index (χ2n) is 5.03. The fraction of sp³-hybridized carbons (Fsp3) is 0.235. The third kappa shape index (κ3) is 5.77. The van der Waals surface area contributed by atoms with Crippen LogP contribution in [0.4, 0.5) is 13.2 Å². The van der Waals surface area contributed by atoms with E-state index in [1.54, 1.807) is 24.3 Å². The molecule has 2 aromatic carbocycles. The zero-order valence-electron chi connectivity index (χ0n) is 12.6. The lowest BCUT2D eigenvalue weighted by molar-refractivity contribution is -0.137. The van der Waals surface area contributed by atoms with Gasteiger partial charge in [-0.15, -0.1) is 0 Å². The van der Waals surface area contributed by atoms with Crippen molar-refractivity contribution in [3.05, 3.63) is 64.7 Å². The highest BCUT2D eigenvalue weighted by molar-refractivity contribution is 6.30. The highest BCUT2D eigenvalue weighted by Gasteiger charge is 2.29. The number of nitrogens with one attached hydrogen (secondary N) is 1. The normalized spacial score (nSPS) is 11.2. The van der Waals surface area contributed by atoms with Crippen LogP contribution in [-0.4, -0.2) is 19.1 Å². The minimum Gasteiger partial charge on any atom is -0.492 e. The molecule has 128 valence electrons. The standard InChI is InChI=1S/C17H15ClF3NO2/c18-14-2-1-3-15(11-14)24-9-8-22-16(23)10-12-4-6-13(7-5-12)17(19,20)21/h1-7,11H,8-10H2,(H,22,23). The van der Waals surface area contributed by atoms with E-state index in [0.29, 0.717) is 16.3 Å². The number of benzene rings is 2. The van der Waals surface area contributed by atoms with Crippen LogP contribution in [0.5, 0.6) is 5.75 Å². The molecule has 0 aliphatic heterocycles. The Labute approximate surface area is 142 Å². The smallest absolute Gasteiger partial charge is 0.416 e. The summed E-state index contributed by atoms with van der Waals surface area (Å²) < 4.78 is 42.8. The first-order valence-electron chi connectivity index (χ1n) is 7.16. The molecule has 3 nitrogen and oxygen atoms in total. The zero-order valence-corrected chi connectivity index (χ0v) is 13.3. The molecular formula is C17H15ClF3NO2. The fourth-order valence-electron chi connectivity index (χ4n) is 1.98. The monoisotopic (exact) mass is 357 g/mol. The number of hydrogen-bond donors (Lipinski definition) is 1. The maximum atomic E-state index is 12.5. The highest BCUT2D eigenvalue weighted by atomic mass is 35.5. The van der Waals surface area contributed by atoms with Crippen LogP contribution in [-0.2, 0) is 17.4 Å². The van der Waals surface area contributed by atoms with Crippen LogP contribution in [0.25, 0.3) is 0 Å². The molecule has 0 saturated heterocycles. The molecule has 24 heavy (non-hydrogen) atoms. The molecule has 0 spiro atoms. The molecule has 1 N–H and O–H groups in total. The Kier molecular flexibility index (Phi) is 6.09. The van der Waals surface area contributed by atoms with Gasteiger partial charge < -0.3 is 10.1 Å². The number of ether oxygens (including phenoxy) is 1. The molecule has 7 heteroatoms. The summed E-state index contributed by atoms with van der Waals surface area (Å²) in [5.74, 6) is 0.309. The lowest BCUT2D eigenvalue weighted by Crippen LogP contribution is -2.29. The Bertz CT molecular complexity index is 687. The molecule has 0 aliphatic rings. The Hall–Kier alpha value is -2.21. The van der Waals surface area contributed by atoms with Crippen molar-refractivity contribution >= 4 is 17.5 Å². The van der Waals surface area contributed by atoms with E-state index in [1.165, 1.54) is 12.1 Å². The maximum absolute atomic E-state index is 12.5. The summed E-state index contributed by atoms with van der Waals surface area (Å²) in [6.45, 7) is 0.547. The molecule has 0 atom stereocenters. The first-order chi connectivity index (χ1) is 11.3. The quantitative estimate of drug-likeness (QED) is 0.791. The summed E-state index contributed by atoms with van der Waals surface area (Å²) in [4.78, 5) is 11.7. The van der Waals surface area contributed by atoms with Gasteiger partial charge in [0.05, 0.1) is 18.5 Å². The van der Waals surface area contributed by atoms with Crippen LogP contribution >= 0.6 is 11.6 Å². The van der Waals surface area contributed by atoms with Gasteiger partial charge >= 0.3 is 6.18 Å². The van der Waals surface area contributed by atoms with Crippen LogP contribution in [0.3, 0.4) is 0 Å². The lowest BCUT2D eigenvalue weighted by atomic mass is 10.1. The molecule has 0 aromatic heterocycles. The topological polar surface area (TPSA) is 38.3 Å². The van der Waals surface area contributed by atoms with Crippen molar-refractivity contribution in [1.29, 1.82) is 0 Å². The molecule has 0 unspecified atom stereocenters. The third-order valence-electron chi connectivity index (χ3n) is 3.13. The van der Waals surface area contributed by atoms with Crippen molar-refractivity contribution in [2.45, 2.75) is 12.6 Å². The second kappa shape index (κ2) is 8.06. The number of carbonyl (C=O) groups excluding carboxylic acids is 1. The van der Waals surface area contributed by atoms with Gasteiger partial charge in [0.2, 0.25) is 5.91 Å². The molecule has 2 rings (SSSR count). The van der Waals surface area contributed by atoms with Crippen molar-refractivity contribution in [3.63, 3.8) is 0 Å². The number of hydrogen-bond acceptors (Lipinski definition) is 2. The second-order valence-corrected chi connectivity index (χ2v) is 5.46. The SMILES string of the molecule is O=C(Cc1ccc(C(F)(F)F)cc1)NCCOc1cccc(Cl)c1. The summed E-state index contributed by atoms with van der Waals surface area (Å²) in [5.41, 5.74) is -0.224. The van der Waals surface area contributed by atoms with E-state index < -0.39 is 11.7 Å². The molecular weight excluding hydrogens is 343 g/mol. The minimum atomic E-state index is -4.38. The van der Waals surface area contributed by atoms with Crippen LogP contribution < -0.4 is 10.1 Å². The Morgan fingerprint density at radius 3 is 2.46 bits per heavy atom. The Balaban J connectivity index is 1.73. The van der Waals surface area contributed by atoms with Crippen molar-refractivity contribution in [1.82, 2.24) is 5.32 Å². The van der Waals surface area contributed by atoms with Gasteiger partial charge in [-0.2, -0.15) is 13.2 Å². The van der Waals surface area contributed by atoms with Crippen molar-refractivity contribution in [2.75, 3.05) is 13.2 Å². The van der Waals surface area contributed by atoms with E-state index in [-0.39, 0.29) is 25.5 Å². The van der Waals surface area contributed by atoms with Gasteiger partial charge in [-0.25, -0.2) is 0 Å². The number of rotatable bonds is 6. The molecule has 2 aromatic rings. The van der Waals surface area contributed by atoms with Crippen molar-refractivity contribution in [2.24, 2.45) is 0 Å². The average molecular weight is 358 g/mol. The third-order valence-corrected chi connectivity index (χ3v) is 3.37. The zero-order chi connectivity index (χ0) is 17.6. The van der Waals surface area contributed by atoms with E-state index in [1.807, 2.05) is 0 Å². The molecule has 0 fully saturated rings. The summed E-state index contributed by atoms with van der Waals surface area (Å²) in [6, 6.07) is 11.4. The average Bonchev–Trinajstić information content (AvgIpc) is 2.51. The summed E-state index contributed by atoms with van der Waals surface area (Å²) in [5, 5.41) is 3.20. The highest BCUT2D eigenvalue weighted by Crippen LogP contribution is 2.29. The lowest BCUT2D eigenvalue weighted by Gasteiger charge is -2.09. The predicted molar refractivity (Wildman–Crippen MR) is 85.1 cm³/mol. The van der Waals surface area contributed by atoms with Gasteiger partial charge in [0.25, 0.3) is 0 Å². The molecule has 1 amide bonds. The van der Waals surface area contributed by atoms with Gasteiger partial charge in [0.1, 0.15) is 12.4 Å². The maximum Gasteiger partial charge on any atom is 0.416 e. The van der Waals surface area contributed by atoms with Crippen molar-refractivity contribution in [3.8, 4) is 5.75 Å². The Morgan fingerprint density at radius 2 is 1.83 bits per heavy atom. The van der Waals surface area contributed by atoms with Crippen LogP contribution in [0.15, 0.2) is 48.5 Å². The first-order valence-corrected chi connectivity index (χ1v) is 7.53. The molecule has 0 heterocycles. The number of halogens is 4. The van der Waals surface area contributed by atoms with Gasteiger partial charge in [0.15, 0.2) is 0 Å². The van der Waals surface area contributed by atoms with Gasteiger partial charge in [-0.3, -0.25) is 4.79 Å². The van der Waals surface area contributed by atoms with Gasteiger partial charge in [-0.05, 0) is 35.9 Å². The van der Waals surface area contributed by atoms with Crippen LogP contribution in [0.2, 0.25) is 5.02 Å². The van der Waals surface area contributed by atoms with E-state index >= 15 is 0 Å². The van der Waals surface area contributed by atoms with E-state index in [2.05, 4.69) is 5.32 Å². The predicted octanol–water partition coefficient (Wildman–Crippen LogP) is 4.10. The number of carbonyl (C=O) groups is 1. The molecule has 0 aliphatic carbocycles. The van der Waals surface area contributed by atoms with E-state index in [9.17, 15) is 18.0 Å². The summed E-state index contributed by atoms with van der Waals surface area (Å²) >= 11 is 5.82. The molecule has 0 bridgehead atoms. The number of alkyl halides is 3.